The minimum absolute atomic E-state index is 0.0331. The monoisotopic (exact) mass is 333 g/mol. The highest BCUT2D eigenvalue weighted by Gasteiger charge is 2.29. The lowest BCUT2D eigenvalue weighted by Crippen LogP contribution is -2.34. The third-order valence-electron chi connectivity index (χ3n) is 3.44. The number of rotatable bonds is 4. The number of sulfone groups is 1. The van der Waals surface area contributed by atoms with Crippen molar-refractivity contribution in [2.75, 3.05) is 24.2 Å². The summed E-state index contributed by atoms with van der Waals surface area (Å²) < 4.78 is 24.7. The molecule has 2 N–H and O–H groups in total. The molecule has 0 saturated carbocycles. The van der Waals surface area contributed by atoms with Gasteiger partial charge in [-0.3, -0.25) is 4.99 Å². The van der Waals surface area contributed by atoms with Crippen molar-refractivity contribution >= 4 is 33.5 Å². The van der Waals surface area contributed by atoms with E-state index in [0.29, 0.717) is 22.7 Å². The van der Waals surface area contributed by atoms with Crippen LogP contribution in [0.25, 0.3) is 11.2 Å². The van der Waals surface area contributed by atoms with Gasteiger partial charge >= 0.3 is 0 Å². The highest BCUT2D eigenvalue weighted by atomic mass is 32.2. The topological polar surface area (TPSA) is 116 Å². The average Bonchev–Trinajstić information content (AvgIpc) is 3.01. The Morgan fingerprint density at radius 1 is 1.48 bits per heavy atom. The number of fused-ring (bicyclic) bond motifs is 1. The standard InChI is InChI=1S/C13H15N7O2S/c1-14-5-9(15-2)10-6-20(3-4-23(10,21)22)13-11-12(17-7-16-11)18-8-19-13/h5-8,15H,1,3-4H2,2H3,(H,16,17,18,19)/b9-5-. The fourth-order valence-electron chi connectivity index (χ4n) is 2.33. The van der Waals surface area contributed by atoms with Gasteiger partial charge < -0.3 is 15.2 Å². The van der Waals surface area contributed by atoms with Crippen LogP contribution >= 0.6 is 0 Å². The fourth-order valence-corrected chi connectivity index (χ4v) is 3.77. The average molecular weight is 333 g/mol. The number of likely N-dealkylation sites (N-methyl/N-ethyl adjacent to an activating group) is 1. The van der Waals surface area contributed by atoms with Gasteiger partial charge in [0.05, 0.1) is 24.0 Å². The fraction of sp³-hybridized carbons (Fsp3) is 0.231. The molecule has 0 spiro atoms. The molecule has 0 atom stereocenters. The van der Waals surface area contributed by atoms with Gasteiger partial charge in [0.1, 0.15) is 16.7 Å². The second-order valence-corrected chi connectivity index (χ2v) is 6.86. The third-order valence-corrected chi connectivity index (χ3v) is 5.15. The molecule has 3 heterocycles. The SMILES string of the molecule is C=N/C=C(\NC)C1=CN(c2ncnc3nc[nH]c23)CCS1(=O)=O. The Labute approximate surface area is 132 Å². The predicted octanol–water partition coefficient (Wildman–Crippen LogP) is 0.191. The van der Waals surface area contributed by atoms with E-state index >= 15 is 0 Å². The first-order chi connectivity index (χ1) is 11.1. The largest absolute Gasteiger partial charge is 0.386 e. The van der Waals surface area contributed by atoms with E-state index in [-0.39, 0.29) is 17.2 Å². The number of hydrogen-bond donors (Lipinski definition) is 2. The summed E-state index contributed by atoms with van der Waals surface area (Å²) in [6.07, 6.45) is 5.83. The van der Waals surface area contributed by atoms with Crippen molar-refractivity contribution in [1.82, 2.24) is 25.3 Å². The minimum atomic E-state index is -3.41. The molecule has 0 aromatic carbocycles. The number of aromatic amines is 1. The number of anilines is 1. The zero-order valence-electron chi connectivity index (χ0n) is 12.4. The summed E-state index contributed by atoms with van der Waals surface area (Å²) in [7, 11) is -1.78. The van der Waals surface area contributed by atoms with Crippen molar-refractivity contribution in [3.63, 3.8) is 0 Å². The van der Waals surface area contributed by atoms with Gasteiger partial charge in [0.15, 0.2) is 21.3 Å². The van der Waals surface area contributed by atoms with Gasteiger partial charge in [-0.05, 0) is 6.72 Å². The zero-order chi connectivity index (χ0) is 16.4. The predicted molar refractivity (Wildman–Crippen MR) is 87.6 cm³/mol. The van der Waals surface area contributed by atoms with E-state index in [0.717, 1.165) is 0 Å². The molecule has 3 rings (SSSR count). The summed E-state index contributed by atoms with van der Waals surface area (Å²) in [5, 5.41) is 2.83. The van der Waals surface area contributed by atoms with Crippen molar-refractivity contribution in [1.29, 1.82) is 0 Å². The molecular weight excluding hydrogens is 318 g/mol. The van der Waals surface area contributed by atoms with Crippen molar-refractivity contribution in [2.24, 2.45) is 4.99 Å². The Kier molecular flexibility index (Phi) is 3.82. The van der Waals surface area contributed by atoms with Crippen molar-refractivity contribution in [3.05, 3.63) is 35.7 Å². The normalized spacial score (nSPS) is 17.9. The first-order valence-corrected chi connectivity index (χ1v) is 8.41. The van der Waals surface area contributed by atoms with Crippen LogP contribution in [0.3, 0.4) is 0 Å². The molecule has 2 aromatic heterocycles. The van der Waals surface area contributed by atoms with Crippen LogP contribution in [-0.4, -0.2) is 54.4 Å². The van der Waals surface area contributed by atoms with Gasteiger partial charge in [-0.15, -0.1) is 0 Å². The first kappa shape index (κ1) is 15.2. The summed E-state index contributed by atoms with van der Waals surface area (Å²) in [6.45, 7) is 3.65. The van der Waals surface area contributed by atoms with E-state index < -0.39 is 9.84 Å². The number of imidazole rings is 1. The van der Waals surface area contributed by atoms with Crippen LogP contribution in [0.4, 0.5) is 5.82 Å². The van der Waals surface area contributed by atoms with Crippen LogP contribution in [0.5, 0.6) is 0 Å². The van der Waals surface area contributed by atoms with Crippen LogP contribution in [0, 0.1) is 0 Å². The lowest BCUT2D eigenvalue weighted by atomic mass is 10.3. The van der Waals surface area contributed by atoms with Crippen LogP contribution in [0.2, 0.25) is 0 Å². The molecule has 0 aliphatic carbocycles. The van der Waals surface area contributed by atoms with Gasteiger partial charge in [0.25, 0.3) is 0 Å². The molecule has 0 saturated heterocycles. The Balaban J connectivity index is 2.13. The zero-order valence-corrected chi connectivity index (χ0v) is 13.2. The molecular formula is C13H15N7O2S. The Morgan fingerprint density at radius 2 is 2.30 bits per heavy atom. The summed E-state index contributed by atoms with van der Waals surface area (Å²) in [5.74, 6) is 0.538. The van der Waals surface area contributed by atoms with Crippen molar-refractivity contribution in [3.8, 4) is 0 Å². The molecule has 23 heavy (non-hydrogen) atoms. The van der Waals surface area contributed by atoms with Gasteiger partial charge in [-0.1, -0.05) is 0 Å². The summed E-state index contributed by atoms with van der Waals surface area (Å²) in [4.78, 5) is 20.9. The van der Waals surface area contributed by atoms with Gasteiger partial charge in [-0.2, -0.15) is 0 Å². The molecule has 0 amide bonds. The second kappa shape index (κ2) is 5.80. The highest BCUT2D eigenvalue weighted by molar-refractivity contribution is 7.95. The maximum absolute atomic E-state index is 12.4. The lowest BCUT2D eigenvalue weighted by molar-refractivity contribution is 0.599. The molecule has 120 valence electrons. The maximum Gasteiger partial charge on any atom is 0.183 e. The van der Waals surface area contributed by atoms with E-state index in [9.17, 15) is 8.42 Å². The summed E-state index contributed by atoms with van der Waals surface area (Å²) >= 11 is 0. The number of hydrogen-bond acceptors (Lipinski definition) is 8. The van der Waals surface area contributed by atoms with Crippen LogP contribution in [-0.2, 0) is 9.84 Å². The molecule has 10 heteroatoms. The van der Waals surface area contributed by atoms with Gasteiger partial charge in [0.2, 0.25) is 0 Å². The summed E-state index contributed by atoms with van der Waals surface area (Å²) in [5.41, 5.74) is 1.55. The molecule has 0 unspecified atom stereocenters. The Hall–Kier alpha value is -2.75. The van der Waals surface area contributed by atoms with Crippen LogP contribution < -0.4 is 10.2 Å². The molecule has 2 aromatic rings. The molecule has 0 radical (unpaired) electrons. The first-order valence-electron chi connectivity index (χ1n) is 6.76. The smallest absolute Gasteiger partial charge is 0.183 e. The molecule has 1 aliphatic rings. The number of nitrogens with zero attached hydrogens (tertiary/aromatic N) is 5. The maximum atomic E-state index is 12.4. The lowest BCUT2D eigenvalue weighted by Gasteiger charge is -2.26. The number of nitrogens with one attached hydrogen (secondary N) is 2. The molecule has 0 fully saturated rings. The van der Waals surface area contributed by atoms with Crippen LogP contribution in [0.15, 0.2) is 40.6 Å². The van der Waals surface area contributed by atoms with E-state index in [1.807, 2.05) is 0 Å². The van der Waals surface area contributed by atoms with E-state index in [1.54, 1.807) is 11.9 Å². The van der Waals surface area contributed by atoms with E-state index in [4.69, 9.17) is 0 Å². The summed E-state index contributed by atoms with van der Waals surface area (Å²) in [6, 6.07) is 0. The molecule has 1 aliphatic heterocycles. The Morgan fingerprint density at radius 3 is 3.04 bits per heavy atom. The molecule has 0 bridgehead atoms. The van der Waals surface area contributed by atoms with E-state index in [2.05, 4.69) is 37.0 Å². The van der Waals surface area contributed by atoms with Crippen LogP contribution in [0.1, 0.15) is 0 Å². The second-order valence-electron chi connectivity index (χ2n) is 4.78. The quantitative estimate of drug-likeness (QED) is 0.767. The molecule has 9 nitrogen and oxygen atoms in total. The minimum Gasteiger partial charge on any atom is -0.386 e. The van der Waals surface area contributed by atoms with E-state index in [1.165, 1.54) is 25.1 Å². The third kappa shape index (κ3) is 2.68. The van der Waals surface area contributed by atoms with Crippen molar-refractivity contribution < 1.29 is 8.42 Å². The number of H-pyrrole nitrogens is 1. The highest BCUT2D eigenvalue weighted by Crippen LogP contribution is 2.27. The van der Waals surface area contributed by atoms with Gasteiger partial charge in [-0.25, -0.2) is 23.4 Å². The Bertz CT molecular complexity index is 913. The number of aromatic nitrogens is 4. The van der Waals surface area contributed by atoms with Gasteiger partial charge in [0, 0.05) is 19.8 Å². The number of aliphatic imine (C=N–C) groups is 1. The van der Waals surface area contributed by atoms with Crippen molar-refractivity contribution in [2.45, 2.75) is 0 Å².